The standard InChI is InChI=1S/C18H18F2N2O/c19-15-5-1-13(2-6-15)18(14-3-7-16(20)8-4-14)22-10-9-21-11-17(22)12-23/h1-8,12,17-18,21H,9-11H2. The number of nitrogens with zero attached hydrogens (tertiary/aromatic N) is 1. The molecule has 1 unspecified atom stereocenters. The Morgan fingerprint density at radius 3 is 2.00 bits per heavy atom. The minimum atomic E-state index is -0.307. The number of aldehydes is 1. The third-order valence-corrected chi connectivity index (χ3v) is 4.19. The number of nitrogens with one attached hydrogen (secondary N) is 1. The third-order valence-electron chi connectivity index (χ3n) is 4.19. The summed E-state index contributed by atoms with van der Waals surface area (Å²) < 4.78 is 26.5. The smallest absolute Gasteiger partial charge is 0.138 e. The minimum absolute atomic E-state index is 0.214. The SMILES string of the molecule is O=CC1CNCCN1C(c1ccc(F)cc1)c1ccc(F)cc1. The average Bonchev–Trinajstić information content (AvgIpc) is 2.59. The van der Waals surface area contributed by atoms with Gasteiger partial charge in [0, 0.05) is 19.6 Å². The fraction of sp³-hybridized carbons (Fsp3) is 0.278. The molecule has 0 saturated carbocycles. The van der Waals surface area contributed by atoms with E-state index < -0.39 is 0 Å². The Morgan fingerprint density at radius 1 is 1.00 bits per heavy atom. The Hall–Kier alpha value is -2.11. The number of hydrogen-bond donors (Lipinski definition) is 1. The Bertz CT molecular complexity index is 612. The van der Waals surface area contributed by atoms with Gasteiger partial charge in [-0.2, -0.15) is 0 Å². The van der Waals surface area contributed by atoms with Gasteiger partial charge in [0.15, 0.2) is 0 Å². The molecule has 0 radical (unpaired) electrons. The van der Waals surface area contributed by atoms with E-state index in [0.717, 1.165) is 24.0 Å². The summed E-state index contributed by atoms with van der Waals surface area (Å²) in [6.45, 7) is 2.02. The largest absolute Gasteiger partial charge is 0.313 e. The first-order chi connectivity index (χ1) is 11.2. The number of carbonyl (C=O) groups is 1. The van der Waals surface area contributed by atoms with Gasteiger partial charge < -0.3 is 10.1 Å². The molecule has 1 saturated heterocycles. The predicted molar refractivity (Wildman–Crippen MR) is 84.1 cm³/mol. The van der Waals surface area contributed by atoms with E-state index in [4.69, 9.17) is 0 Å². The molecule has 0 aliphatic carbocycles. The van der Waals surface area contributed by atoms with Crippen molar-refractivity contribution >= 4 is 6.29 Å². The summed E-state index contributed by atoms with van der Waals surface area (Å²) in [6, 6.07) is 12.0. The molecule has 3 rings (SSSR count). The van der Waals surface area contributed by atoms with Gasteiger partial charge in [0.05, 0.1) is 12.1 Å². The summed E-state index contributed by atoms with van der Waals surface area (Å²) in [4.78, 5) is 13.5. The summed E-state index contributed by atoms with van der Waals surface area (Å²) in [7, 11) is 0. The van der Waals surface area contributed by atoms with Crippen LogP contribution in [0.3, 0.4) is 0 Å². The Morgan fingerprint density at radius 2 is 1.52 bits per heavy atom. The zero-order valence-electron chi connectivity index (χ0n) is 12.6. The quantitative estimate of drug-likeness (QED) is 0.880. The van der Waals surface area contributed by atoms with Gasteiger partial charge in [-0.1, -0.05) is 24.3 Å². The summed E-state index contributed by atoms with van der Waals surface area (Å²) in [6.07, 6.45) is 0.923. The van der Waals surface area contributed by atoms with Gasteiger partial charge in [-0.05, 0) is 35.4 Å². The van der Waals surface area contributed by atoms with Gasteiger partial charge in [0.2, 0.25) is 0 Å². The zero-order chi connectivity index (χ0) is 16.2. The van der Waals surface area contributed by atoms with Crippen LogP contribution in [0, 0.1) is 11.6 Å². The van der Waals surface area contributed by atoms with Crippen LogP contribution in [0.5, 0.6) is 0 Å². The number of hydrogen-bond acceptors (Lipinski definition) is 3. The monoisotopic (exact) mass is 316 g/mol. The van der Waals surface area contributed by atoms with Gasteiger partial charge in [-0.3, -0.25) is 4.90 Å². The molecule has 2 aromatic rings. The molecule has 1 aliphatic rings. The Balaban J connectivity index is 2.03. The average molecular weight is 316 g/mol. The van der Waals surface area contributed by atoms with E-state index in [9.17, 15) is 13.6 Å². The highest BCUT2D eigenvalue weighted by molar-refractivity contribution is 5.59. The molecule has 1 atom stereocenters. The van der Waals surface area contributed by atoms with Crippen molar-refractivity contribution < 1.29 is 13.6 Å². The van der Waals surface area contributed by atoms with E-state index in [0.29, 0.717) is 13.1 Å². The van der Waals surface area contributed by atoms with Crippen molar-refractivity contribution in [3.63, 3.8) is 0 Å². The van der Waals surface area contributed by atoms with Crippen LogP contribution in [0.15, 0.2) is 48.5 Å². The Labute approximate surface area is 133 Å². The van der Waals surface area contributed by atoms with E-state index in [1.165, 1.54) is 24.3 Å². The van der Waals surface area contributed by atoms with Crippen molar-refractivity contribution in [2.75, 3.05) is 19.6 Å². The minimum Gasteiger partial charge on any atom is -0.313 e. The molecule has 0 aromatic heterocycles. The first kappa shape index (κ1) is 15.8. The molecule has 3 nitrogen and oxygen atoms in total. The number of benzene rings is 2. The van der Waals surface area contributed by atoms with Crippen LogP contribution >= 0.6 is 0 Å². The first-order valence-corrected chi connectivity index (χ1v) is 7.62. The van der Waals surface area contributed by atoms with Gasteiger partial charge in [0.1, 0.15) is 17.9 Å². The van der Waals surface area contributed by atoms with Crippen molar-refractivity contribution in [2.45, 2.75) is 12.1 Å². The van der Waals surface area contributed by atoms with Crippen molar-refractivity contribution in [2.24, 2.45) is 0 Å². The topological polar surface area (TPSA) is 32.3 Å². The predicted octanol–water partition coefficient (Wildman–Crippen LogP) is 2.53. The van der Waals surface area contributed by atoms with Crippen LogP contribution in [0.25, 0.3) is 0 Å². The fourth-order valence-corrected chi connectivity index (χ4v) is 3.05. The Kier molecular flexibility index (Phi) is 4.79. The molecule has 2 aromatic carbocycles. The van der Waals surface area contributed by atoms with Crippen LogP contribution in [-0.4, -0.2) is 36.9 Å². The molecule has 1 aliphatic heterocycles. The summed E-state index contributed by atoms with van der Waals surface area (Å²) in [5.41, 5.74) is 1.76. The maximum atomic E-state index is 13.3. The summed E-state index contributed by atoms with van der Waals surface area (Å²) in [5, 5.41) is 3.20. The fourth-order valence-electron chi connectivity index (χ4n) is 3.05. The molecule has 1 fully saturated rings. The molecule has 1 N–H and O–H groups in total. The molecular formula is C18H18F2N2O. The summed E-state index contributed by atoms with van der Waals surface area (Å²) in [5.74, 6) is -0.613. The number of rotatable bonds is 4. The zero-order valence-corrected chi connectivity index (χ0v) is 12.6. The van der Waals surface area contributed by atoms with E-state index >= 15 is 0 Å². The normalized spacial score (nSPS) is 19.0. The van der Waals surface area contributed by atoms with E-state index in [1.807, 2.05) is 0 Å². The molecule has 5 heteroatoms. The second-order valence-electron chi connectivity index (χ2n) is 5.65. The van der Waals surface area contributed by atoms with Crippen LogP contribution < -0.4 is 5.32 Å². The van der Waals surface area contributed by atoms with E-state index in [2.05, 4.69) is 10.2 Å². The van der Waals surface area contributed by atoms with Crippen LogP contribution in [0.4, 0.5) is 8.78 Å². The lowest BCUT2D eigenvalue weighted by Crippen LogP contribution is -2.53. The molecule has 23 heavy (non-hydrogen) atoms. The van der Waals surface area contributed by atoms with E-state index in [1.54, 1.807) is 24.3 Å². The maximum Gasteiger partial charge on any atom is 0.138 e. The highest BCUT2D eigenvalue weighted by Crippen LogP contribution is 2.31. The molecule has 0 spiro atoms. The number of halogens is 2. The molecular weight excluding hydrogens is 298 g/mol. The van der Waals surface area contributed by atoms with Crippen molar-refractivity contribution in [3.8, 4) is 0 Å². The van der Waals surface area contributed by atoms with Crippen LogP contribution in [-0.2, 0) is 4.79 Å². The second kappa shape index (κ2) is 6.98. The van der Waals surface area contributed by atoms with E-state index in [-0.39, 0.29) is 23.7 Å². The van der Waals surface area contributed by atoms with Crippen molar-refractivity contribution in [1.29, 1.82) is 0 Å². The number of carbonyl (C=O) groups excluding carboxylic acids is 1. The molecule has 0 amide bonds. The lowest BCUT2D eigenvalue weighted by Gasteiger charge is -2.39. The third kappa shape index (κ3) is 3.46. The van der Waals surface area contributed by atoms with Gasteiger partial charge >= 0.3 is 0 Å². The van der Waals surface area contributed by atoms with Gasteiger partial charge in [0.25, 0.3) is 0 Å². The second-order valence-corrected chi connectivity index (χ2v) is 5.65. The molecule has 120 valence electrons. The maximum absolute atomic E-state index is 13.3. The number of piperazine rings is 1. The van der Waals surface area contributed by atoms with Crippen molar-refractivity contribution in [1.82, 2.24) is 10.2 Å². The summed E-state index contributed by atoms with van der Waals surface area (Å²) >= 11 is 0. The van der Waals surface area contributed by atoms with Gasteiger partial charge in [-0.15, -0.1) is 0 Å². The first-order valence-electron chi connectivity index (χ1n) is 7.62. The van der Waals surface area contributed by atoms with Crippen LogP contribution in [0.2, 0.25) is 0 Å². The molecule has 0 bridgehead atoms. The van der Waals surface area contributed by atoms with Crippen LogP contribution in [0.1, 0.15) is 17.2 Å². The van der Waals surface area contributed by atoms with Crippen molar-refractivity contribution in [3.05, 3.63) is 71.3 Å². The highest BCUT2D eigenvalue weighted by atomic mass is 19.1. The highest BCUT2D eigenvalue weighted by Gasteiger charge is 2.30. The lowest BCUT2D eigenvalue weighted by atomic mass is 9.95. The van der Waals surface area contributed by atoms with Gasteiger partial charge in [-0.25, -0.2) is 8.78 Å². The molecule has 1 heterocycles. The lowest BCUT2D eigenvalue weighted by molar-refractivity contribution is -0.113.